The Morgan fingerprint density at radius 3 is 1.40 bits per heavy atom. The zero-order chi connectivity index (χ0) is 34.5. The fourth-order valence-corrected chi connectivity index (χ4v) is 6.03. The predicted octanol–water partition coefficient (Wildman–Crippen LogP) is 11.2. The molecule has 0 saturated heterocycles. The van der Waals surface area contributed by atoms with Crippen molar-refractivity contribution in [3.05, 3.63) is 36.5 Å². The van der Waals surface area contributed by atoms with E-state index in [4.69, 9.17) is 0 Å². The average molecular weight is 662 g/mol. The van der Waals surface area contributed by atoms with Gasteiger partial charge < -0.3 is 20.6 Å². The van der Waals surface area contributed by atoms with Gasteiger partial charge in [-0.25, -0.2) is 0 Å². The van der Waals surface area contributed by atoms with Crippen LogP contribution in [0.15, 0.2) is 36.5 Å². The Bertz CT molecular complexity index is 734. The number of hydrogen-bond donors (Lipinski definition) is 4. The molecule has 47 heavy (non-hydrogen) atoms. The van der Waals surface area contributed by atoms with E-state index < -0.39 is 18.2 Å². The number of carbonyl (C=O) groups is 1. The Morgan fingerprint density at radius 2 is 0.915 bits per heavy atom. The SMILES string of the molecule is CCCCC/C=C\C=C/CCCCCCCCC(=O)NC(CO)C(O)C(O)CCC/C=C/CCCCCCCCCCCCCCC. The van der Waals surface area contributed by atoms with Gasteiger partial charge in [-0.15, -0.1) is 0 Å². The lowest BCUT2D eigenvalue weighted by molar-refractivity contribution is -0.124. The van der Waals surface area contributed by atoms with Crippen LogP contribution in [0, 0.1) is 0 Å². The zero-order valence-corrected chi connectivity index (χ0v) is 31.2. The van der Waals surface area contributed by atoms with Crippen LogP contribution < -0.4 is 5.32 Å². The quantitative estimate of drug-likeness (QED) is 0.0305. The first kappa shape index (κ1) is 45.6. The Hall–Kier alpha value is -1.43. The molecule has 0 spiro atoms. The second-order valence-electron chi connectivity index (χ2n) is 13.9. The molecule has 5 heteroatoms. The highest BCUT2D eigenvalue weighted by Crippen LogP contribution is 2.14. The van der Waals surface area contributed by atoms with E-state index in [0.717, 1.165) is 44.9 Å². The first-order valence-corrected chi connectivity index (χ1v) is 20.3. The van der Waals surface area contributed by atoms with E-state index in [1.807, 2.05) is 0 Å². The van der Waals surface area contributed by atoms with Crippen molar-refractivity contribution in [3.63, 3.8) is 0 Å². The largest absolute Gasteiger partial charge is 0.394 e. The molecule has 0 aliphatic heterocycles. The molecule has 0 radical (unpaired) electrons. The van der Waals surface area contributed by atoms with Crippen LogP contribution >= 0.6 is 0 Å². The number of unbranched alkanes of at least 4 members (excludes halogenated alkanes) is 23. The highest BCUT2D eigenvalue weighted by molar-refractivity contribution is 5.76. The van der Waals surface area contributed by atoms with Crippen molar-refractivity contribution in [1.29, 1.82) is 0 Å². The smallest absolute Gasteiger partial charge is 0.220 e. The van der Waals surface area contributed by atoms with E-state index in [0.29, 0.717) is 12.8 Å². The number of hydrogen-bond acceptors (Lipinski definition) is 4. The van der Waals surface area contributed by atoms with E-state index >= 15 is 0 Å². The maximum atomic E-state index is 12.4. The number of amides is 1. The molecule has 4 N–H and O–H groups in total. The molecule has 0 aliphatic rings. The lowest BCUT2D eigenvalue weighted by Crippen LogP contribution is -2.50. The topological polar surface area (TPSA) is 89.8 Å². The van der Waals surface area contributed by atoms with Crippen LogP contribution in [0.2, 0.25) is 0 Å². The molecule has 0 rings (SSSR count). The molecule has 3 unspecified atom stereocenters. The highest BCUT2D eigenvalue weighted by atomic mass is 16.3. The molecule has 0 aromatic heterocycles. The summed E-state index contributed by atoms with van der Waals surface area (Å²) in [7, 11) is 0. The van der Waals surface area contributed by atoms with Crippen LogP contribution in [-0.4, -0.2) is 46.1 Å². The second kappa shape index (κ2) is 37.4. The van der Waals surface area contributed by atoms with Crippen LogP contribution in [0.1, 0.15) is 200 Å². The van der Waals surface area contributed by atoms with E-state index in [2.05, 4.69) is 55.6 Å². The summed E-state index contributed by atoms with van der Waals surface area (Å²) in [5.74, 6) is -0.167. The van der Waals surface area contributed by atoms with E-state index in [1.54, 1.807) is 0 Å². The molecule has 0 aromatic rings. The first-order valence-electron chi connectivity index (χ1n) is 20.3. The normalized spacial score (nSPS) is 14.1. The summed E-state index contributed by atoms with van der Waals surface area (Å²) in [4.78, 5) is 12.4. The highest BCUT2D eigenvalue weighted by Gasteiger charge is 2.26. The summed E-state index contributed by atoms with van der Waals surface area (Å²) in [6, 6.07) is -0.831. The lowest BCUT2D eigenvalue weighted by Gasteiger charge is -2.26. The number of carbonyl (C=O) groups excluding carboxylic acids is 1. The lowest BCUT2D eigenvalue weighted by atomic mass is 10.0. The molecule has 5 nitrogen and oxygen atoms in total. The molecule has 1 amide bonds. The minimum absolute atomic E-state index is 0.167. The van der Waals surface area contributed by atoms with Gasteiger partial charge in [0.1, 0.15) is 6.10 Å². The van der Waals surface area contributed by atoms with Crippen molar-refractivity contribution in [3.8, 4) is 0 Å². The third-order valence-electron chi connectivity index (χ3n) is 9.24. The predicted molar refractivity (Wildman–Crippen MR) is 204 cm³/mol. The van der Waals surface area contributed by atoms with E-state index in [-0.39, 0.29) is 12.5 Å². The van der Waals surface area contributed by atoms with Gasteiger partial charge in [-0.2, -0.15) is 0 Å². The van der Waals surface area contributed by atoms with Gasteiger partial charge >= 0.3 is 0 Å². The van der Waals surface area contributed by atoms with Crippen LogP contribution in [0.5, 0.6) is 0 Å². The zero-order valence-electron chi connectivity index (χ0n) is 31.2. The van der Waals surface area contributed by atoms with Gasteiger partial charge in [0.15, 0.2) is 0 Å². The maximum absolute atomic E-state index is 12.4. The molecule has 276 valence electrons. The Balaban J connectivity index is 3.72. The van der Waals surface area contributed by atoms with Crippen molar-refractivity contribution < 1.29 is 20.1 Å². The molecule has 0 heterocycles. The van der Waals surface area contributed by atoms with Crippen molar-refractivity contribution in [2.75, 3.05) is 6.61 Å². The van der Waals surface area contributed by atoms with Gasteiger partial charge in [-0.05, 0) is 64.2 Å². The summed E-state index contributed by atoms with van der Waals surface area (Å²) < 4.78 is 0. The molecular formula is C42H79NO4. The fourth-order valence-electron chi connectivity index (χ4n) is 6.03. The van der Waals surface area contributed by atoms with Crippen LogP contribution in [0.25, 0.3) is 0 Å². The number of aliphatic hydroxyl groups excluding tert-OH is 3. The summed E-state index contributed by atoms with van der Waals surface area (Å²) in [5, 5.41) is 33.4. The standard InChI is InChI=1S/C42H79NO4/c1-3-5-7-9-11-13-15-17-19-20-21-23-24-26-28-30-32-34-36-40(45)42(47)39(38-44)43-41(46)37-35-33-31-29-27-25-22-18-16-14-12-10-8-6-4-2/h12,14,16,18,28,30,39-40,42,44-45,47H,3-11,13,15,17,19-27,29,31-38H2,1-2H3,(H,43,46)/b14-12-,18-16-,30-28+. The molecule has 0 saturated carbocycles. The van der Waals surface area contributed by atoms with Gasteiger partial charge in [0.05, 0.1) is 18.8 Å². The van der Waals surface area contributed by atoms with Crippen molar-refractivity contribution in [2.24, 2.45) is 0 Å². The molecule has 3 atom stereocenters. The maximum Gasteiger partial charge on any atom is 0.220 e. The third kappa shape index (κ3) is 32.9. The number of allylic oxidation sites excluding steroid dienone is 6. The molecule has 0 aromatic carbocycles. The van der Waals surface area contributed by atoms with Crippen LogP contribution in [0.3, 0.4) is 0 Å². The van der Waals surface area contributed by atoms with Crippen LogP contribution in [0.4, 0.5) is 0 Å². The molecule has 0 fully saturated rings. The van der Waals surface area contributed by atoms with E-state index in [1.165, 1.54) is 128 Å². The average Bonchev–Trinajstić information content (AvgIpc) is 3.07. The summed E-state index contributed by atoms with van der Waals surface area (Å²) in [5.41, 5.74) is 0. The Kier molecular flexibility index (Phi) is 36.3. The Morgan fingerprint density at radius 1 is 0.532 bits per heavy atom. The van der Waals surface area contributed by atoms with Gasteiger partial charge in [0, 0.05) is 6.42 Å². The number of rotatable bonds is 36. The van der Waals surface area contributed by atoms with Crippen molar-refractivity contribution in [1.82, 2.24) is 5.32 Å². The van der Waals surface area contributed by atoms with Gasteiger partial charge in [-0.3, -0.25) is 4.79 Å². The minimum Gasteiger partial charge on any atom is -0.394 e. The van der Waals surface area contributed by atoms with Crippen molar-refractivity contribution >= 4 is 5.91 Å². The Labute approximate surface area is 292 Å². The minimum atomic E-state index is -1.16. The summed E-state index contributed by atoms with van der Waals surface area (Å²) in [6.07, 6.45) is 45.3. The monoisotopic (exact) mass is 662 g/mol. The molecule has 0 bridgehead atoms. The van der Waals surface area contributed by atoms with Crippen molar-refractivity contribution in [2.45, 2.75) is 218 Å². The van der Waals surface area contributed by atoms with Gasteiger partial charge in [0.2, 0.25) is 5.91 Å². The third-order valence-corrected chi connectivity index (χ3v) is 9.24. The number of nitrogens with one attached hydrogen (secondary N) is 1. The van der Waals surface area contributed by atoms with E-state index in [9.17, 15) is 20.1 Å². The number of aliphatic hydroxyl groups is 3. The second-order valence-corrected chi connectivity index (χ2v) is 13.9. The van der Waals surface area contributed by atoms with Gasteiger partial charge in [0.25, 0.3) is 0 Å². The summed E-state index contributed by atoms with van der Waals surface area (Å²) in [6.45, 7) is 4.12. The molecular weight excluding hydrogens is 582 g/mol. The summed E-state index contributed by atoms with van der Waals surface area (Å²) >= 11 is 0. The fraction of sp³-hybridized carbons (Fsp3) is 0.833. The van der Waals surface area contributed by atoms with Gasteiger partial charge in [-0.1, -0.05) is 166 Å². The van der Waals surface area contributed by atoms with Crippen LogP contribution in [-0.2, 0) is 4.79 Å². The molecule has 0 aliphatic carbocycles. The first-order chi connectivity index (χ1) is 23.1.